The van der Waals surface area contributed by atoms with E-state index in [2.05, 4.69) is 0 Å². The van der Waals surface area contributed by atoms with Crippen LogP contribution in [0, 0.1) is 0 Å². The second kappa shape index (κ2) is 5.66. The molecule has 0 heterocycles. The van der Waals surface area contributed by atoms with E-state index >= 15 is 0 Å². The smallest absolute Gasteiger partial charge is 0.398 e. The lowest BCUT2D eigenvalue weighted by molar-refractivity contribution is -0.137. The summed E-state index contributed by atoms with van der Waals surface area (Å²) in [7, 11) is -1.38. The van der Waals surface area contributed by atoms with E-state index in [1.807, 2.05) is 0 Å². The highest BCUT2D eigenvalue weighted by atomic mass is 32.2. The van der Waals surface area contributed by atoms with Crippen molar-refractivity contribution in [3.8, 4) is 0 Å². The summed E-state index contributed by atoms with van der Waals surface area (Å²) in [4.78, 5) is 0.493. The third kappa shape index (κ3) is 3.39. The molecule has 0 aromatic heterocycles. The molecule has 0 fully saturated rings. The van der Waals surface area contributed by atoms with Crippen LogP contribution in [0.3, 0.4) is 0 Å². The van der Waals surface area contributed by atoms with Crippen LogP contribution in [-0.2, 0) is 22.7 Å². The third-order valence-corrected chi connectivity index (χ3v) is 4.20. The number of anilines is 1. The highest BCUT2D eigenvalue weighted by molar-refractivity contribution is 7.84. The van der Waals surface area contributed by atoms with Gasteiger partial charge < -0.3 is 5.73 Å². The first kappa shape index (κ1) is 14.6. The Kier molecular flexibility index (Phi) is 4.13. The van der Waals surface area contributed by atoms with Gasteiger partial charge in [0.2, 0.25) is 0 Å². The van der Waals surface area contributed by atoms with Crippen LogP contribution in [0.5, 0.6) is 0 Å². The molecule has 0 aliphatic heterocycles. The van der Waals surface area contributed by atoms with Crippen molar-refractivity contribution in [2.75, 3.05) is 5.73 Å². The van der Waals surface area contributed by atoms with Gasteiger partial charge >= 0.3 is 6.18 Å². The third-order valence-electron chi connectivity index (χ3n) is 2.74. The monoisotopic (exact) mass is 299 g/mol. The van der Waals surface area contributed by atoms with Gasteiger partial charge in [0.1, 0.15) is 0 Å². The van der Waals surface area contributed by atoms with Crippen molar-refractivity contribution in [3.05, 3.63) is 59.7 Å². The zero-order valence-electron chi connectivity index (χ0n) is 10.4. The second-order valence-corrected chi connectivity index (χ2v) is 5.64. The molecule has 0 amide bonds. The Morgan fingerprint density at radius 1 is 1.00 bits per heavy atom. The standard InChI is InChI=1S/C14H12F3NOS/c15-14(16,17)11-7-5-10(6-8-11)9-20(19)13-4-2-1-3-12(13)18/h1-8H,9,18H2. The highest BCUT2D eigenvalue weighted by Gasteiger charge is 2.29. The highest BCUT2D eigenvalue weighted by Crippen LogP contribution is 2.29. The first-order valence-corrected chi connectivity index (χ1v) is 7.09. The zero-order chi connectivity index (χ0) is 14.8. The lowest BCUT2D eigenvalue weighted by Crippen LogP contribution is -2.05. The summed E-state index contributed by atoms with van der Waals surface area (Å²) in [5.74, 6) is 0.131. The molecule has 2 nitrogen and oxygen atoms in total. The first-order chi connectivity index (χ1) is 9.38. The fourth-order valence-electron chi connectivity index (χ4n) is 1.71. The van der Waals surface area contributed by atoms with Crippen molar-refractivity contribution in [2.45, 2.75) is 16.8 Å². The molecular formula is C14H12F3NOS. The minimum absolute atomic E-state index is 0.131. The number of halogens is 3. The predicted octanol–water partition coefficient (Wildman–Crippen LogP) is 3.60. The lowest BCUT2D eigenvalue weighted by Gasteiger charge is -2.08. The van der Waals surface area contributed by atoms with Gasteiger partial charge in [-0.15, -0.1) is 0 Å². The average Bonchev–Trinajstić information content (AvgIpc) is 2.38. The van der Waals surface area contributed by atoms with Crippen LogP contribution in [-0.4, -0.2) is 4.21 Å². The molecule has 2 aromatic carbocycles. The molecule has 0 saturated heterocycles. The van der Waals surface area contributed by atoms with Crippen molar-refractivity contribution in [3.63, 3.8) is 0 Å². The van der Waals surface area contributed by atoms with E-state index in [1.54, 1.807) is 24.3 Å². The Balaban J connectivity index is 2.15. The Morgan fingerprint density at radius 3 is 2.15 bits per heavy atom. The van der Waals surface area contributed by atoms with Gasteiger partial charge in [0.05, 0.1) is 27.0 Å². The van der Waals surface area contributed by atoms with E-state index in [1.165, 1.54) is 12.1 Å². The van der Waals surface area contributed by atoms with E-state index in [4.69, 9.17) is 5.73 Å². The minimum atomic E-state index is -4.36. The molecule has 0 aliphatic carbocycles. The van der Waals surface area contributed by atoms with Crippen LogP contribution in [0.1, 0.15) is 11.1 Å². The fourth-order valence-corrected chi connectivity index (χ4v) is 2.92. The molecule has 0 spiro atoms. The predicted molar refractivity (Wildman–Crippen MR) is 72.4 cm³/mol. The molecule has 1 atom stereocenters. The molecule has 0 radical (unpaired) electrons. The molecule has 6 heteroatoms. The number of hydrogen-bond donors (Lipinski definition) is 1. The molecule has 0 aliphatic rings. The summed E-state index contributed by atoms with van der Waals surface area (Å²) < 4.78 is 49.4. The topological polar surface area (TPSA) is 43.1 Å². The van der Waals surface area contributed by atoms with Gasteiger partial charge in [-0.2, -0.15) is 13.2 Å². The van der Waals surface area contributed by atoms with Gasteiger partial charge in [-0.25, -0.2) is 0 Å². The largest absolute Gasteiger partial charge is 0.416 e. The van der Waals surface area contributed by atoms with Gasteiger partial charge in [-0.3, -0.25) is 4.21 Å². The number of alkyl halides is 3. The van der Waals surface area contributed by atoms with Gasteiger partial charge in [0.15, 0.2) is 0 Å². The Hall–Kier alpha value is -1.82. The Morgan fingerprint density at radius 2 is 1.60 bits per heavy atom. The van der Waals surface area contributed by atoms with Crippen LogP contribution < -0.4 is 5.73 Å². The number of nitrogens with two attached hydrogens (primary N) is 1. The maximum atomic E-state index is 12.4. The van der Waals surface area contributed by atoms with Gasteiger partial charge in [0, 0.05) is 5.69 Å². The molecular weight excluding hydrogens is 287 g/mol. The summed E-state index contributed by atoms with van der Waals surface area (Å²) in [6.07, 6.45) is -4.36. The van der Waals surface area contributed by atoms with Gasteiger partial charge in [-0.05, 0) is 29.8 Å². The van der Waals surface area contributed by atoms with Gasteiger partial charge in [0.25, 0.3) is 0 Å². The summed E-state index contributed by atoms with van der Waals surface area (Å²) >= 11 is 0. The van der Waals surface area contributed by atoms with Crippen LogP contribution in [0.4, 0.5) is 18.9 Å². The number of para-hydroxylation sites is 1. The van der Waals surface area contributed by atoms with E-state index in [0.717, 1.165) is 12.1 Å². The Labute approximate surface area is 116 Å². The summed E-state index contributed by atoms with van der Waals surface area (Å²) in [6, 6.07) is 11.4. The van der Waals surface area contributed by atoms with Crippen LogP contribution in [0.2, 0.25) is 0 Å². The van der Waals surface area contributed by atoms with Crippen LogP contribution in [0.25, 0.3) is 0 Å². The van der Waals surface area contributed by atoms with Crippen LogP contribution in [0.15, 0.2) is 53.4 Å². The molecule has 1 unspecified atom stereocenters. The van der Waals surface area contributed by atoms with Crippen molar-refractivity contribution in [2.24, 2.45) is 0 Å². The first-order valence-electron chi connectivity index (χ1n) is 5.77. The molecule has 0 saturated carbocycles. The molecule has 20 heavy (non-hydrogen) atoms. The normalized spacial score (nSPS) is 13.2. The van der Waals surface area contributed by atoms with Crippen LogP contribution >= 0.6 is 0 Å². The second-order valence-electron chi connectivity index (χ2n) is 4.22. The fraction of sp³-hybridized carbons (Fsp3) is 0.143. The maximum Gasteiger partial charge on any atom is 0.416 e. The summed E-state index contributed by atoms with van der Waals surface area (Å²) in [5, 5.41) is 0. The SMILES string of the molecule is Nc1ccccc1S(=O)Cc1ccc(C(F)(F)F)cc1. The molecule has 106 valence electrons. The molecule has 2 N–H and O–H groups in total. The van der Waals surface area contributed by atoms with E-state index < -0.39 is 22.5 Å². The summed E-state index contributed by atoms with van der Waals surface area (Å²) in [5.41, 5.74) is 5.98. The number of nitrogen functional groups attached to an aromatic ring is 1. The van der Waals surface area contributed by atoms with Crippen molar-refractivity contribution in [1.29, 1.82) is 0 Å². The molecule has 0 bridgehead atoms. The van der Waals surface area contributed by atoms with Crippen molar-refractivity contribution in [1.82, 2.24) is 0 Å². The van der Waals surface area contributed by atoms with Crippen molar-refractivity contribution >= 4 is 16.5 Å². The minimum Gasteiger partial charge on any atom is -0.398 e. The van der Waals surface area contributed by atoms with E-state index in [0.29, 0.717) is 16.1 Å². The maximum absolute atomic E-state index is 12.4. The zero-order valence-corrected chi connectivity index (χ0v) is 11.2. The average molecular weight is 299 g/mol. The van der Waals surface area contributed by atoms with Crippen molar-refractivity contribution < 1.29 is 17.4 Å². The number of rotatable bonds is 3. The van der Waals surface area contributed by atoms with E-state index in [9.17, 15) is 17.4 Å². The Bertz CT molecular complexity index is 623. The number of benzene rings is 2. The van der Waals surface area contributed by atoms with E-state index in [-0.39, 0.29) is 5.75 Å². The lowest BCUT2D eigenvalue weighted by atomic mass is 10.1. The molecule has 2 aromatic rings. The quantitative estimate of drug-likeness (QED) is 0.880. The van der Waals surface area contributed by atoms with Gasteiger partial charge in [-0.1, -0.05) is 24.3 Å². The number of hydrogen-bond acceptors (Lipinski definition) is 2. The summed E-state index contributed by atoms with van der Waals surface area (Å²) in [6.45, 7) is 0. The molecule has 2 rings (SSSR count).